The fourth-order valence-corrected chi connectivity index (χ4v) is 3.76. The number of halogens is 1. The number of nitrogens with one attached hydrogen (secondary N) is 1. The molecule has 0 radical (unpaired) electrons. The molecule has 0 saturated heterocycles. The summed E-state index contributed by atoms with van der Waals surface area (Å²) in [6.07, 6.45) is 4.49. The monoisotopic (exact) mass is 380 g/mol. The zero-order chi connectivity index (χ0) is 18.6. The number of rotatable bonds is 4. The lowest BCUT2D eigenvalue weighted by molar-refractivity contribution is 0.192. The van der Waals surface area contributed by atoms with Crippen LogP contribution in [0.3, 0.4) is 0 Å². The first kappa shape index (κ1) is 17.6. The van der Waals surface area contributed by atoms with Crippen molar-refractivity contribution in [2.45, 2.75) is 26.1 Å². The second-order valence-corrected chi connectivity index (χ2v) is 7.09. The molecular formula is C21H21ClN4O. The van der Waals surface area contributed by atoms with Crippen molar-refractivity contribution in [3.05, 3.63) is 88.2 Å². The molecule has 1 aromatic heterocycles. The van der Waals surface area contributed by atoms with Crippen LogP contribution in [0.25, 0.3) is 0 Å². The lowest BCUT2D eigenvalue weighted by Crippen LogP contribution is -2.42. The van der Waals surface area contributed by atoms with Gasteiger partial charge in [-0.3, -0.25) is 4.68 Å². The largest absolute Gasteiger partial charge is 0.334 e. The van der Waals surface area contributed by atoms with Gasteiger partial charge in [0.2, 0.25) is 0 Å². The molecular weight excluding hydrogens is 360 g/mol. The molecule has 2 aromatic carbocycles. The molecule has 1 aliphatic rings. The molecule has 138 valence electrons. The van der Waals surface area contributed by atoms with Crippen LogP contribution in [0, 0.1) is 0 Å². The quantitative estimate of drug-likeness (QED) is 0.747. The highest BCUT2D eigenvalue weighted by atomic mass is 35.5. The van der Waals surface area contributed by atoms with Gasteiger partial charge in [0.05, 0.1) is 6.54 Å². The predicted molar refractivity (Wildman–Crippen MR) is 106 cm³/mol. The van der Waals surface area contributed by atoms with Crippen LogP contribution in [-0.4, -0.2) is 27.3 Å². The Morgan fingerprint density at radius 3 is 2.78 bits per heavy atom. The molecule has 2 amide bonds. The van der Waals surface area contributed by atoms with Crippen LogP contribution < -0.4 is 5.32 Å². The molecule has 0 unspecified atom stereocenters. The topological polar surface area (TPSA) is 50.2 Å². The van der Waals surface area contributed by atoms with Crippen molar-refractivity contribution >= 4 is 17.6 Å². The van der Waals surface area contributed by atoms with Gasteiger partial charge in [-0.15, -0.1) is 0 Å². The fourth-order valence-electron chi connectivity index (χ4n) is 3.47. The van der Waals surface area contributed by atoms with E-state index in [9.17, 15) is 4.79 Å². The van der Waals surface area contributed by atoms with Gasteiger partial charge in [-0.2, -0.15) is 5.10 Å². The van der Waals surface area contributed by atoms with E-state index < -0.39 is 0 Å². The summed E-state index contributed by atoms with van der Waals surface area (Å²) in [5, 5.41) is 8.11. The number of carbonyl (C=O) groups is 1. The molecule has 1 aliphatic heterocycles. The summed E-state index contributed by atoms with van der Waals surface area (Å²) in [4.78, 5) is 14.5. The summed E-state index contributed by atoms with van der Waals surface area (Å²) in [6, 6.07) is 15.9. The molecule has 4 rings (SSSR count). The molecule has 2 heterocycles. The highest BCUT2D eigenvalue weighted by Gasteiger charge is 2.22. The first-order chi connectivity index (χ1) is 13.2. The molecule has 0 atom stereocenters. The first-order valence-corrected chi connectivity index (χ1v) is 9.42. The number of aromatic nitrogens is 2. The van der Waals surface area contributed by atoms with Gasteiger partial charge >= 0.3 is 6.03 Å². The summed E-state index contributed by atoms with van der Waals surface area (Å²) in [7, 11) is 0. The third-order valence-corrected chi connectivity index (χ3v) is 5.29. The van der Waals surface area contributed by atoms with E-state index in [2.05, 4.69) is 16.5 Å². The lowest BCUT2D eigenvalue weighted by atomic mass is 10.00. The van der Waals surface area contributed by atoms with E-state index in [4.69, 9.17) is 11.6 Å². The predicted octanol–water partition coefficient (Wildman–Crippen LogP) is 3.85. The van der Waals surface area contributed by atoms with Crippen LogP contribution in [0.1, 0.15) is 22.3 Å². The van der Waals surface area contributed by atoms with Crippen molar-refractivity contribution in [1.82, 2.24) is 20.0 Å². The highest BCUT2D eigenvalue weighted by Crippen LogP contribution is 2.25. The van der Waals surface area contributed by atoms with Crippen molar-refractivity contribution in [1.29, 1.82) is 0 Å². The summed E-state index contributed by atoms with van der Waals surface area (Å²) in [6.45, 7) is 2.46. The van der Waals surface area contributed by atoms with Gasteiger partial charge in [-0.1, -0.05) is 48.0 Å². The minimum absolute atomic E-state index is 0.0467. The van der Waals surface area contributed by atoms with E-state index in [-0.39, 0.29) is 6.03 Å². The summed E-state index contributed by atoms with van der Waals surface area (Å²) >= 11 is 6.26. The summed E-state index contributed by atoms with van der Waals surface area (Å²) < 4.78 is 1.88. The van der Waals surface area contributed by atoms with Gasteiger partial charge in [0.1, 0.15) is 0 Å². The van der Waals surface area contributed by atoms with E-state index in [1.165, 1.54) is 0 Å². The molecule has 1 N–H and O–H groups in total. The molecule has 0 aliphatic carbocycles. The van der Waals surface area contributed by atoms with Gasteiger partial charge in [0.25, 0.3) is 0 Å². The van der Waals surface area contributed by atoms with Gasteiger partial charge in [-0.05, 0) is 40.8 Å². The number of nitrogens with zero attached hydrogens (tertiary/aromatic N) is 3. The Bertz CT molecular complexity index is 939. The van der Waals surface area contributed by atoms with E-state index in [1.54, 1.807) is 6.20 Å². The molecule has 6 heteroatoms. The van der Waals surface area contributed by atoms with E-state index in [0.29, 0.717) is 26.2 Å². The average molecular weight is 381 g/mol. The Morgan fingerprint density at radius 1 is 1.11 bits per heavy atom. The number of carbonyl (C=O) groups excluding carboxylic acids is 1. The Kier molecular flexibility index (Phi) is 5.12. The molecule has 5 nitrogen and oxygen atoms in total. The molecule has 3 aromatic rings. The van der Waals surface area contributed by atoms with Crippen LogP contribution in [0.2, 0.25) is 5.02 Å². The number of hydrogen-bond acceptors (Lipinski definition) is 2. The third-order valence-electron chi connectivity index (χ3n) is 4.94. The Morgan fingerprint density at radius 2 is 1.96 bits per heavy atom. The Hall–Kier alpha value is -2.79. The number of urea groups is 1. The van der Waals surface area contributed by atoms with Crippen molar-refractivity contribution in [2.75, 3.05) is 6.54 Å². The van der Waals surface area contributed by atoms with Crippen molar-refractivity contribution in [3.8, 4) is 0 Å². The standard InChI is InChI=1S/C21H21ClN4O/c22-20-8-3-7-18-14-25(12-9-19(18)20)21(27)23-13-16-5-1-2-6-17(16)15-26-11-4-10-24-26/h1-8,10-11H,9,12-15H2,(H,23,27). The molecule has 0 spiro atoms. The SMILES string of the molecule is O=C(NCc1ccccc1Cn1cccn1)N1CCc2c(Cl)cccc2C1. The van der Waals surface area contributed by atoms with Gasteiger partial charge < -0.3 is 10.2 Å². The summed E-state index contributed by atoms with van der Waals surface area (Å²) in [5.74, 6) is 0. The summed E-state index contributed by atoms with van der Waals surface area (Å²) in [5.41, 5.74) is 4.54. The van der Waals surface area contributed by atoms with Crippen LogP contribution in [0.4, 0.5) is 4.79 Å². The maximum Gasteiger partial charge on any atom is 0.317 e. The highest BCUT2D eigenvalue weighted by molar-refractivity contribution is 6.31. The number of hydrogen-bond donors (Lipinski definition) is 1. The molecule has 27 heavy (non-hydrogen) atoms. The number of benzene rings is 2. The average Bonchev–Trinajstić information content (AvgIpc) is 3.20. The third kappa shape index (κ3) is 3.98. The molecule has 0 saturated carbocycles. The maximum atomic E-state index is 12.7. The van der Waals surface area contributed by atoms with Gasteiger partial charge in [0.15, 0.2) is 0 Å². The second kappa shape index (κ2) is 7.84. The van der Waals surface area contributed by atoms with Crippen molar-refractivity contribution < 1.29 is 4.79 Å². The van der Waals surface area contributed by atoms with Crippen LogP contribution >= 0.6 is 11.6 Å². The zero-order valence-corrected chi connectivity index (χ0v) is 15.7. The van der Waals surface area contributed by atoms with Gasteiger partial charge in [0, 0.05) is 37.1 Å². The second-order valence-electron chi connectivity index (χ2n) is 6.68. The lowest BCUT2D eigenvalue weighted by Gasteiger charge is -2.29. The molecule has 0 bridgehead atoms. The Balaban J connectivity index is 1.40. The minimum atomic E-state index is -0.0467. The number of fused-ring (bicyclic) bond motifs is 1. The van der Waals surface area contributed by atoms with Gasteiger partial charge in [-0.25, -0.2) is 4.79 Å². The van der Waals surface area contributed by atoms with Crippen LogP contribution in [0.15, 0.2) is 60.9 Å². The van der Waals surface area contributed by atoms with Crippen LogP contribution in [0.5, 0.6) is 0 Å². The van der Waals surface area contributed by atoms with E-state index >= 15 is 0 Å². The minimum Gasteiger partial charge on any atom is -0.334 e. The van der Waals surface area contributed by atoms with E-state index in [0.717, 1.165) is 33.7 Å². The fraction of sp³-hybridized carbons (Fsp3) is 0.238. The molecule has 0 fully saturated rings. The zero-order valence-electron chi connectivity index (χ0n) is 14.9. The van der Waals surface area contributed by atoms with Crippen molar-refractivity contribution in [2.24, 2.45) is 0 Å². The number of amides is 2. The van der Waals surface area contributed by atoms with Crippen molar-refractivity contribution in [3.63, 3.8) is 0 Å². The first-order valence-electron chi connectivity index (χ1n) is 9.04. The maximum absolute atomic E-state index is 12.7. The normalized spacial score (nSPS) is 13.3. The Labute approximate surface area is 163 Å². The van der Waals surface area contributed by atoms with Crippen LogP contribution in [-0.2, 0) is 26.1 Å². The smallest absolute Gasteiger partial charge is 0.317 e. The van der Waals surface area contributed by atoms with E-state index in [1.807, 2.05) is 58.2 Å².